The highest BCUT2D eigenvalue weighted by Gasteiger charge is 2.31. The smallest absolute Gasteiger partial charge is 0.324 e. The van der Waals surface area contributed by atoms with Crippen LogP contribution >= 0.6 is 11.3 Å². The van der Waals surface area contributed by atoms with Gasteiger partial charge in [-0.05, 0) is 44.2 Å². The standard InChI is InChI=1S/C15H12FN3O4S/c1-15(2,22-10-5-3-9(16)4-6-10)14-17-13(18-23-14)11-7-8-12(24-11)19(20)21/h3-8H,1-2H3. The van der Waals surface area contributed by atoms with Gasteiger partial charge >= 0.3 is 5.00 Å². The third kappa shape index (κ3) is 3.25. The molecule has 124 valence electrons. The van der Waals surface area contributed by atoms with Crippen molar-refractivity contribution in [2.75, 3.05) is 0 Å². The highest BCUT2D eigenvalue weighted by Crippen LogP contribution is 2.33. The second kappa shape index (κ2) is 6.00. The first-order valence-corrected chi connectivity index (χ1v) is 7.70. The van der Waals surface area contributed by atoms with Crippen LogP contribution in [0.2, 0.25) is 0 Å². The molecule has 2 aromatic heterocycles. The zero-order valence-corrected chi connectivity index (χ0v) is 13.5. The van der Waals surface area contributed by atoms with Gasteiger partial charge in [0.15, 0.2) is 5.60 Å². The predicted molar refractivity (Wildman–Crippen MR) is 84.3 cm³/mol. The van der Waals surface area contributed by atoms with Crippen molar-refractivity contribution in [3.63, 3.8) is 0 Å². The average Bonchev–Trinajstić information content (AvgIpc) is 3.18. The highest BCUT2D eigenvalue weighted by molar-refractivity contribution is 7.18. The van der Waals surface area contributed by atoms with Crippen molar-refractivity contribution >= 4 is 16.3 Å². The van der Waals surface area contributed by atoms with Crippen LogP contribution in [0.5, 0.6) is 5.75 Å². The Morgan fingerprint density at radius 2 is 1.96 bits per heavy atom. The molecule has 0 spiro atoms. The number of nitro groups is 1. The van der Waals surface area contributed by atoms with Gasteiger partial charge < -0.3 is 9.26 Å². The van der Waals surface area contributed by atoms with E-state index in [9.17, 15) is 14.5 Å². The lowest BCUT2D eigenvalue weighted by molar-refractivity contribution is -0.380. The summed E-state index contributed by atoms with van der Waals surface area (Å²) in [6.45, 7) is 3.45. The van der Waals surface area contributed by atoms with Gasteiger partial charge in [-0.1, -0.05) is 16.5 Å². The normalized spacial score (nSPS) is 11.5. The summed E-state index contributed by atoms with van der Waals surface area (Å²) >= 11 is 0.957. The molecule has 9 heteroatoms. The van der Waals surface area contributed by atoms with Gasteiger partial charge in [0.1, 0.15) is 11.6 Å². The monoisotopic (exact) mass is 349 g/mol. The fraction of sp³-hybridized carbons (Fsp3) is 0.200. The van der Waals surface area contributed by atoms with Crippen molar-refractivity contribution in [3.8, 4) is 16.5 Å². The molecule has 7 nitrogen and oxygen atoms in total. The molecule has 0 bridgehead atoms. The molecule has 0 aliphatic carbocycles. The number of halogens is 1. The lowest BCUT2D eigenvalue weighted by Crippen LogP contribution is -2.25. The quantitative estimate of drug-likeness (QED) is 0.507. The Morgan fingerprint density at radius 3 is 2.58 bits per heavy atom. The van der Waals surface area contributed by atoms with Crippen LogP contribution in [-0.2, 0) is 5.60 Å². The van der Waals surface area contributed by atoms with Crippen molar-refractivity contribution in [3.05, 3.63) is 58.2 Å². The van der Waals surface area contributed by atoms with Gasteiger partial charge in [-0.25, -0.2) is 4.39 Å². The van der Waals surface area contributed by atoms with Crippen LogP contribution in [0.1, 0.15) is 19.7 Å². The van der Waals surface area contributed by atoms with Crippen LogP contribution in [0.15, 0.2) is 40.9 Å². The highest BCUT2D eigenvalue weighted by atomic mass is 32.1. The molecule has 0 atom stereocenters. The summed E-state index contributed by atoms with van der Waals surface area (Å²) in [6, 6.07) is 8.51. The number of benzene rings is 1. The van der Waals surface area contributed by atoms with E-state index in [1.807, 2.05) is 0 Å². The van der Waals surface area contributed by atoms with Gasteiger partial charge in [0.05, 0.1) is 9.80 Å². The molecule has 2 heterocycles. The van der Waals surface area contributed by atoms with Crippen molar-refractivity contribution in [2.24, 2.45) is 0 Å². The molecule has 3 aromatic rings. The number of rotatable bonds is 5. The second-order valence-corrected chi connectivity index (χ2v) is 6.45. The fourth-order valence-corrected chi connectivity index (χ4v) is 2.70. The molecular weight excluding hydrogens is 337 g/mol. The number of nitrogens with zero attached hydrogens (tertiary/aromatic N) is 3. The molecule has 0 radical (unpaired) electrons. The molecule has 0 amide bonds. The SMILES string of the molecule is CC(C)(Oc1ccc(F)cc1)c1nc(-c2ccc([N+](=O)[O-])s2)no1. The Morgan fingerprint density at radius 1 is 1.25 bits per heavy atom. The van der Waals surface area contributed by atoms with Crippen LogP contribution in [0.25, 0.3) is 10.7 Å². The van der Waals surface area contributed by atoms with E-state index in [1.54, 1.807) is 19.9 Å². The van der Waals surface area contributed by atoms with E-state index in [0.717, 1.165) is 11.3 Å². The molecule has 0 aliphatic heterocycles. The minimum atomic E-state index is -0.952. The van der Waals surface area contributed by atoms with Crippen molar-refractivity contribution in [2.45, 2.75) is 19.4 Å². The molecular formula is C15H12FN3O4S. The molecule has 1 aromatic carbocycles. The summed E-state index contributed by atoms with van der Waals surface area (Å²) < 4.78 is 23.9. The molecule has 0 fully saturated rings. The Hall–Kier alpha value is -2.81. The lowest BCUT2D eigenvalue weighted by Gasteiger charge is -2.22. The van der Waals surface area contributed by atoms with Gasteiger partial charge in [-0.3, -0.25) is 10.1 Å². The number of ether oxygens (including phenoxy) is 1. The Bertz CT molecular complexity index is 873. The van der Waals surface area contributed by atoms with E-state index in [2.05, 4.69) is 10.1 Å². The molecule has 24 heavy (non-hydrogen) atoms. The van der Waals surface area contributed by atoms with Crippen LogP contribution < -0.4 is 4.74 Å². The van der Waals surface area contributed by atoms with E-state index in [1.165, 1.54) is 30.3 Å². The van der Waals surface area contributed by atoms with Crippen molar-refractivity contribution in [1.82, 2.24) is 10.1 Å². The van der Waals surface area contributed by atoms with Crippen LogP contribution in [0.4, 0.5) is 9.39 Å². The van der Waals surface area contributed by atoms with E-state index in [4.69, 9.17) is 9.26 Å². The molecule has 0 saturated carbocycles. The predicted octanol–water partition coefficient (Wildman–Crippen LogP) is 4.16. The van der Waals surface area contributed by atoms with Crippen LogP contribution in [-0.4, -0.2) is 15.1 Å². The molecule has 0 aliphatic rings. The summed E-state index contributed by atoms with van der Waals surface area (Å²) in [5.41, 5.74) is -0.952. The minimum absolute atomic E-state index is 0.00169. The maximum absolute atomic E-state index is 12.9. The summed E-state index contributed by atoms with van der Waals surface area (Å²) in [5.74, 6) is 0.546. The van der Waals surface area contributed by atoms with E-state index >= 15 is 0 Å². The Balaban J connectivity index is 1.82. The summed E-state index contributed by atoms with van der Waals surface area (Å²) in [7, 11) is 0. The maximum atomic E-state index is 12.9. The third-order valence-electron chi connectivity index (χ3n) is 3.12. The van der Waals surface area contributed by atoms with Crippen molar-refractivity contribution in [1.29, 1.82) is 0 Å². The first kappa shape index (κ1) is 16.1. The second-order valence-electron chi connectivity index (χ2n) is 5.38. The van der Waals surface area contributed by atoms with Crippen LogP contribution in [0.3, 0.4) is 0 Å². The number of aromatic nitrogens is 2. The number of hydrogen-bond acceptors (Lipinski definition) is 7. The van der Waals surface area contributed by atoms with Gasteiger partial charge in [0.25, 0.3) is 5.89 Å². The van der Waals surface area contributed by atoms with Gasteiger partial charge in [0.2, 0.25) is 5.82 Å². The number of thiophene rings is 1. The van der Waals surface area contributed by atoms with Gasteiger partial charge in [-0.15, -0.1) is 0 Å². The molecule has 0 unspecified atom stereocenters. The average molecular weight is 349 g/mol. The lowest BCUT2D eigenvalue weighted by atomic mass is 10.1. The van der Waals surface area contributed by atoms with Crippen LogP contribution in [0, 0.1) is 15.9 Å². The van der Waals surface area contributed by atoms with E-state index in [-0.39, 0.29) is 22.5 Å². The third-order valence-corrected chi connectivity index (χ3v) is 4.15. The van der Waals surface area contributed by atoms with E-state index < -0.39 is 10.5 Å². The van der Waals surface area contributed by atoms with Gasteiger partial charge in [-0.2, -0.15) is 4.98 Å². The van der Waals surface area contributed by atoms with E-state index in [0.29, 0.717) is 10.6 Å². The molecule has 3 rings (SSSR count). The zero-order chi connectivity index (χ0) is 17.3. The Labute approximate surface area is 139 Å². The van der Waals surface area contributed by atoms with Gasteiger partial charge in [0, 0.05) is 6.07 Å². The zero-order valence-electron chi connectivity index (χ0n) is 12.7. The first-order valence-electron chi connectivity index (χ1n) is 6.88. The number of hydrogen-bond donors (Lipinski definition) is 0. The topological polar surface area (TPSA) is 91.3 Å². The largest absolute Gasteiger partial charge is 0.478 e. The summed E-state index contributed by atoms with van der Waals surface area (Å²) in [4.78, 5) is 15.0. The molecule has 0 saturated heterocycles. The maximum Gasteiger partial charge on any atom is 0.324 e. The minimum Gasteiger partial charge on any atom is -0.478 e. The van der Waals surface area contributed by atoms with Crippen molar-refractivity contribution < 1.29 is 18.6 Å². The summed E-state index contributed by atoms with van der Waals surface area (Å²) in [5, 5.41) is 14.6. The Kier molecular flexibility index (Phi) is 4.02. The molecule has 0 N–H and O–H groups in total. The fourth-order valence-electron chi connectivity index (χ4n) is 1.96. The first-order chi connectivity index (χ1) is 11.3. The summed E-state index contributed by atoms with van der Waals surface area (Å²) in [6.07, 6.45) is 0.